The summed E-state index contributed by atoms with van der Waals surface area (Å²) in [5.74, 6) is 1.08. The lowest BCUT2D eigenvalue weighted by molar-refractivity contribution is 0.412. The van der Waals surface area contributed by atoms with Crippen LogP contribution in [0.3, 0.4) is 0 Å². The van der Waals surface area contributed by atoms with Gasteiger partial charge in [-0.2, -0.15) is 0 Å². The van der Waals surface area contributed by atoms with E-state index in [1.165, 1.54) is 11.9 Å². The molecule has 0 aliphatic carbocycles. The van der Waals surface area contributed by atoms with Crippen LogP contribution in [0.2, 0.25) is 5.15 Å². The monoisotopic (exact) mass is 291 g/mol. The summed E-state index contributed by atoms with van der Waals surface area (Å²) in [5.41, 5.74) is 1.22. The van der Waals surface area contributed by atoms with E-state index in [0.29, 0.717) is 23.3 Å². The van der Waals surface area contributed by atoms with Crippen molar-refractivity contribution in [2.75, 3.05) is 19.0 Å². The quantitative estimate of drug-likeness (QED) is 0.856. The van der Waals surface area contributed by atoms with Crippen molar-refractivity contribution in [1.82, 2.24) is 9.97 Å². The minimum atomic E-state index is -0.0380. The first-order chi connectivity index (χ1) is 9.54. The molecule has 0 saturated heterocycles. The van der Waals surface area contributed by atoms with Gasteiger partial charge < -0.3 is 10.1 Å². The van der Waals surface area contributed by atoms with Crippen molar-refractivity contribution >= 4 is 17.4 Å². The number of anilines is 1. The van der Waals surface area contributed by atoms with E-state index in [2.05, 4.69) is 41.3 Å². The Hall–Kier alpha value is -1.81. The van der Waals surface area contributed by atoms with Gasteiger partial charge in [0, 0.05) is 12.0 Å². The third kappa shape index (κ3) is 3.20. The third-order valence-corrected chi connectivity index (χ3v) is 3.49. The van der Waals surface area contributed by atoms with Gasteiger partial charge in [0.2, 0.25) is 0 Å². The molecule has 0 unspecified atom stereocenters. The van der Waals surface area contributed by atoms with Crippen LogP contribution < -0.4 is 10.1 Å². The van der Waals surface area contributed by atoms with E-state index in [-0.39, 0.29) is 5.41 Å². The maximum absolute atomic E-state index is 5.98. The van der Waals surface area contributed by atoms with Crippen molar-refractivity contribution in [2.24, 2.45) is 0 Å². The molecule has 1 N–H and O–H groups in total. The molecule has 5 heteroatoms. The predicted octanol–water partition coefficient (Wildman–Crippen LogP) is 3.53. The van der Waals surface area contributed by atoms with E-state index >= 15 is 0 Å². The lowest BCUT2D eigenvalue weighted by Crippen LogP contribution is -2.28. The highest BCUT2D eigenvalue weighted by atomic mass is 35.5. The molecule has 0 spiro atoms. The van der Waals surface area contributed by atoms with E-state index in [1.807, 2.05) is 18.2 Å². The Morgan fingerprint density at radius 2 is 1.90 bits per heavy atom. The second-order valence-electron chi connectivity index (χ2n) is 5.15. The first kappa shape index (κ1) is 14.6. The number of nitrogens with one attached hydrogen (secondary N) is 1. The van der Waals surface area contributed by atoms with Crippen LogP contribution in [-0.4, -0.2) is 23.6 Å². The molecule has 4 nitrogen and oxygen atoms in total. The van der Waals surface area contributed by atoms with E-state index in [9.17, 15) is 0 Å². The Bertz CT molecular complexity index is 573. The molecule has 0 amide bonds. The molecular weight excluding hydrogens is 274 g/mol. The third-order valence-electron chi connectivity index (χ3n) is 3.22. The van der Waals surface area contributed by atoms with Gasteiger partial charge in [-0.15, -0.1) is 0 Å². The van der Waals surface area contributed by atoms with Crippen molar-refractivity contribution in [3.8, 4) is 5.75 Å². The van der Waals surface area contributed by atoms with Crippen molar-refractivity contribution in [1.29, 1.82) is 0 Å². The van der Waals surface area contributed by atoms with E-state index in [1.54, 1.807) is 7.11 Å². The van der Waals surface area contributed by atoms with E-state index < -0.39 is 0 Å². The van der Waals surface area contributed by atoms with Crippen molar-refractivity contribution in [2.45, 2.75) is 19.3 Å². The summed E-state index contributed by atoms with van der Waals surface area (Å²) >= 11 is 5.98. The molecule has 2 rings (SSSR count). The number of hydrogen-bond donors (Lipinski definition) is 1. The second-order valence-corrected chi connectivity index (χ2v) is 5.51. The summed E-state index contributed by atoms with van der Waals surface area (Å²) < 4.78 is 5.23. The SMILES string of the molecule is COc1c(Cl)ncnc1NCC(C)(C)c1ccccc1. The molecule has 0 aliphatic heterocycles. The first-order valence-corrected chi connectivity index (χ1v) is 6.76. The van der Waals surface area contributed by atoms with Gasteiger partial charge in [0.05, 0.1) is 7.11 Å². The van der Waals surface area contributed by atoms with Gasteiger partial charge in [-0.1, -0.05) is 55.8 Å². The van der Waals surface area contributed by atoms with E-state index in [4.69, 9.17) is 16.3 Å². The smallest absolute Gasteiger partial charge is 0.198 e. The highest BCUT2D eigenvalue weighted by Gasteiger charge is 2.21. The fourth-order valence-electron chi connectivity index (χ4n) is 1.96. The topological polar surface area (TPSA) is 47.0 Å². The Labute approximate surface area is 124 Å². The molecule has 0 bridgehead atoms. The van der Waals surface area contributed by atoms with Crippen LogP contribution in [0.4, 0.5) is 5.82 Å². The van der Waals surface area contributed by atoms with Gasteiger partial charge in [-0.05, 0) is 5.56 Å². The Morgan fingerprint density at radius 3 is 2.55 bits per heavy atom. The van der Waals surface area contributed by atoms with Crippen LogP contribution >= 0.6 is 11.6 Å². The molecule has 0 radical (unpaired) electrons. The average Bonchev–Trinajstić information content (AvgIpc) is 2.46. The Morgan fingerprint density at radius 1 is 1.20 bits per heavy atom. The molecule has 20 heavy (non-hydrogen) atoms. The maximum atomic E-state index is 5.98. The number of halogens is 1. The lowest BCUT2D eigenvalue weighted by atomic mass is 9.84. The zero-order chi connectivity index (χ0) is 14.6. The van der Waals surface area contributed by atoms with Crippen LogP contribution in [0, 0.1) is 0 Å². The highest BCUT2D eigenvalue weighted by molar-refractivity contribution is 6.31. The standard InChI is InChI=1S/C15H18ClN3O/c1-15(2,11-7-5-4-6-8-11)9-17-14-12(20-3)13(16)18-10-19-14/h4-8,10H,9H2,1-3H3,(H,17,18,19). The second kappa shape index (κ2) is 6.09. The molecule has 0 saturated carbocycles. The molecule has 106 valence electrons. The summed E-state index contributed by atoms with van der Waals surface area (Å²) in [4.78, 5) is 8.08. The summed E-state index contributed by atoms with van der Waals surface area (Å²) in [7, 11) is 1.55. The van der Waals surface area contributed by atoms with Gasteiger partial charge in [0.1, 0.15) is 6.33 Å². The number of rotatable bonds is 5. The van der Waals surface area contributed by atoms with Crippen molar-refractivity contribution in [3.05, 3.63) is 47.4 Å². The van der Waals surface area contributed by atoms with E-state index in [0.717, 1.165) is 0 Å². The molecule has 2 aromatic rings. The fraction of sp³-hybridized carbons (Fsp3) is 0.333. The van der Waals surface area contributed by atoms with Gasteiger partial charge >= 0.3 is 0 Å². The minimum absolute atomic E-state index is 0.0380. The Balaban J connectivity index is 2.15. The molecule has 0 atom stereocenters. The van der Waals surface area contributed by atoms with Crippen LogP contribution in [0.15, 0.2) is 36.7 Å². The van der Waals surface area contributed by atoms with Gasteiger partial charge in [0.15, 0.2) is 16.7 Å². The molecule has 1 aromatic heterocycles. The normalized spacial score (nSPS) is 11.2. The number of benzene rings is 1. The van der Waals surface area contributed by atoms with Crippen LogP contribution in [0.1, 0.15) is 19.4 Å². The number of aromatic nitrogens is 2. The lowest BCUT2D eigenvalue weighted by Gasteiger charge is -2.26. The molecule has 0 fully saturated rings. The Kier molecular flexibility index (Phi) is 4.45. The van der Waals surface area contributed by atoms with Crippen LogP contribution in [0.25, 0.3) is 0 Å². The zero-order valence-corrected chi connectivity index (χ0v) is 12.6. The average molecular weight is 292 g/mol. The summed E-state index contributed by atoms with van der Waals surface area (Å²) in [6.07, 6.45) is 1.42. The summed E-state index contributed by atoms with van der Waals surface area (Å²) in [6, 6.07) is 10.3. The highest BCUT2D eigenvalue weighted by Crippen LogP contribution is 2.30. The van der Waals surface area contributed by atoms with Crippen molar-refractivity contribution in [3.63, 3.8) is 0 Å². The van der Waals surface area contributed by atoms with Crippen LogP contribution in [-0.2, 0) is 5.41 Å². The van der Waals surface area contributed by atoms with Gasteiger partial charge in [-0.3, -0.25) is 0 Å². The summed E-state index contributed by atoms with van der Waals surface area (Å²) in [5, 5.41) is 3.59. The minimum Gasteiger partial charge on any atom is -0.490 e. The van der Waals surface area contributed by atoms with Crippen LogP contribution in [0.5, 0.6) is 5.75 Å². The number of ether oxygens (including phenoxy) is 1. The molecule has 1 heterocycles. The molecule has 0 aliphatic rings. The van der Waals surface area contributed by atoms with Gasteiger partial charge in [-0.25, -0.2) is 9.97 Å². The maximum Gasteiger partial charge on any atom is 0.198 e. The predicted molar refractivity (Wildman–Crippen MR) is 81.6 cm³/mol. The molecule has 1 aromatic carbocycles. The zero-order valence-electron chi connectivity index (χ0n) is 11.9. The fourth-order valence-corrected chi connectivity index (χ4v) is 2.17. The molecular formula is C15H18ClN3O. The first-order valence-electron chi connectivity index (χ1n) is 6.38. The largest absolute Gasteiger partial charge is 0.490 e. The van der Waals surface area contributed by atoms with Crippen molar-refractivity contribution < 1.29 is 4.74 Å². The van der Waals surface area contributed by atoms with Gasteiger partial charge in [0.25, 0.3) is 0 Å². The number of methoxy groups -OCH3 is 1. The summed E-state index contributed by atoms with van der Waals surface area (Å²) in [6.45, 7) is 5.05. The number of nitrogens with zero attached hydrogens (tertiary/aromatic N) is 2. The number of hydrogen-bond acceptors (Lipinski definition) is 4.